The molecule has 2 aliphatic carbocycles. The zero-order chi connectivity index (χ0) is 17.4. The van der Waals surface area contributed by atoms with Gasteiger partial charge in [-0.3, -0.25) is 4.90 Å². The van der Waals surface area contributed by atoms with Crippen LogP contribution in [0.3, 0.4) is 0 Å². The zero-order valence-electron chi connectivity index (χ0n) is 16.5. The first kappa shape index (κ1) is 17.4. The number of aryl methyl sites for hydroxylation is 1. The number of anilines is 1. The minimum atomic E-state index is 0.602. The molecule has 2 nitrogen and oxygen atoms in total. The van der Waals surface area contributed by atoms with Gasteiger partial charge < -0.3 is 4.90 Å². The van der Waals surface area contributed by atoms with E-state index in [1.165, 1.54) is 69.0 Å². The molecule has 3 aliphatic rings. The first-order valence-corrected chi connectivity index (χ1v) is 10.7. The van der Waals surface area contributed by atoms with Crippen LogP contribution >= 0.6 is 0 Å². The van der Waals surface area contributed by atoms with Gasteiger partial charge in [0.05, 0.1) is 6.17 Å². The average Bonchev–Trinajstić information content (AvgIpc) is 3.23. The van der Waals surface area contributed by atoms with Crippen molar-refractivity contribution in [2.75, 3.05) is 11.9 Å². The summed E-state index contributed by atoms with van der Waals surface area (Å²) in [5.41, 5.74) is 2.92. The van der Waals surface area contributed by atoms with E-state index in [0.29, 0.717) is 12.2 Å². The van der Waals surface area contributed by atoms with Crippen LogP contribution in [0.15, 0.2) is 24.3 Å². The van der Waals surface area contributed by atoms with Crippen molar-refractivity contribution in [1.29, 1.82) is 0 Å². The Morgan fingerprint density at radius 2 is 1.44 bits per heavy atom. The highest BCUT2D eigenvalue weighted by atomic mass is 15.5. The molecular weight excluding hydrogens is 304 g/mol. The van der Waals surface area contributed by atoms with E-state index >= 15 is 0 Å². The van der Waals surface area contributed by atoms with E-state index in [1.807, 2.05) is 0 Å². The van der Waals surface area contributed by atoms with Crippen molar-refractivity contribution >= 4 is 5.69 Å². The maximum Gasteiger partial charge on any atom is 0.0853 e. The summed E-state index contributed by atoms with van der Waals surface area (Å²) in [5.74, 6) is 1.74. The molecule has 1 aromatic rings. The lowest BCUT2D eigenvalue weighted by atomic mass is 9.81. The number of likely N-dealkylation sites (N-methyl/N-ethyl adjacent to an activating group) is 1. The Hall–Kier alpha value is -1.02. The Morgan fingerprint density at radius 1 is 0.840 bits per heavy atom. The second-order valence-corrected chi connectivity index (χ2v) is 8.95. The van der Waals surface area contributed by atoms with E-state index in [-0.39, 0.29) is 0 Å². The molecule has 3 fully saturated rings. The lowest BCUT2D eigenvalue weighted by Crippen LogP contribution is -2.44. The van der Waals surface area contributed by atoms with E-state index in [2.05, 4.69) is 55.0 Å². The number of para-hydroxylation sites is 1. The Labute approximate surface area is 154 Å². The number of hydrogen-bond donors (Lipinski definition) is 0. The van der Waals surface area contributed by atoms with Crippen molar-refractivity contribution < 1.29 is 0 Å². The summed E-state index contributed by atoms with van der Waals surface area (Å²) in [4.78, 5) is 5.63. The van der Waals surface area contributed by atoms with Crippen molar-refractivity contribution in [3.63, 3.8) is 0 Å². The van der Waals surface area contributed by atoms with Gasteiger partial charge in [-0.15, -0.1) is 0 Å². The molecule has 0 bridgehead atoms. The van der Waals surface area contributed by atoms with Crippen LogP contribution in [0.1, 0.15) is 70.3 Å². The molecule has 0 N–H and O–H groups in total. The largest absolute Gasteiger partial charge is 0.351 e. The molecule has 138 valence electrons. The lowest BCUT2D eigenvalue weighted by molar-refractivity contribution is 0.123. The van der Waals surface area contributed by atoms with Crippen molar-refractivity contribution in [2.45, 2.75) is 89.9 Å². The molecule has 2 saturated carbocycles. The average molecular weight is 341 g/mol. The van der Waals surface area contributed by atoms with Crippen LogP contribution in [-0.4, -0.2) is 30.2 Å². The fourth-order valence-corrected chi connectivity index (χ4v) is 6.35. The lowest BCUT2D eigenvalue weighted by Gasteiger charge is -2.37. The highest BCUT2D eigenvalue weighted by Gasteiger charge is 2.49. The molecule has 0 amide bonds. The third-order valence-corrected chi connectivity index (χ3v) is 7.45. The monoisotopic (exact) mass is 340 g/mol. The van der Waals surface area contributed by atoms with E-state index in [4.69, 9.17) is 0 Å². The summed E-state index contributed by atoms with van der Waals surface area (Å²) in [7, 11) is 2.44. The highest BCUT2D eigenvalue weighted by Crippen LogP contribution is 2.45. The minimum absolute atomic E-state index is 0.602. The molecule has 3 atom stereocenters. The summed E-state index contributed by atoms with van der Waals surface area (Å²) in [6, 6.07) is 10.4. The molecule has 4 rings (SSSR count). The minimum Gasteiger partial charge on any atom is -0.351 e. The van der Waals surface area contributed by atoms with E-state index in [0.717, 1.165) is 17.9 Å². The van der Waals surface area contributed by atoms with Gasteiger partial charge in [-0.25, -0.2) is 0 Å². The van der Waals surface area contributed by atoms with Gasteiger partial charge in [-0.1, -0.05) is 50.3 Å². The van der Waals surface area contributed by atoms with Crippen molar-refractivity contribution in [3.05, 3.63) is 29.8 Å². The van der Waals surface area contributed by atoms with E-state index in [9.17, 15) is 0 Å². The van der Waals surface area contributed by atoms with Gasteiger partial charge in [0.25, 0.3) is 0 Å². The maximum atomic E-state index is 2.82. The number of rotatable bonds is 3. The molecule has 1 heterocycles. The van der Waals surface area contributed by atoms with E-state index < -0.39 is 0 Å². The van der Waals surface area contributed by atoms with Crippen LogP contribution in [0.25, 0.3) is 0 Å². The SMILES string of the molecule is Cc1ccccc1N1C(C2CCCC2)N(C)C(C2CCCCC2)[C@@H]1C. The predicted octanol–water partition coefficient (Wildman–Crippen LogP) is 5.60. The third kappa shape index (κ3) is 3.12. The second-order valence-electron chi connectivity index (χ2n) is 8.95. The molecule has 2 unspecified atom stereocenters. The smallest absolute Gasteiger partial charge is 0.0853 e. The Bertz CT molecular complexity index is 571. The summed E-state index contributed by atoms with van der Waals surface area (Å²) < 4.78 is 0. The number of nitrogens with zero attached hydrogens (tertiary/aromatic N) is 2. The molecule has 1 aliphatic heterocycles. The summed E-state index contributed by atoms with van der Waals surface area (Å²) >= 11 is 0. The molecule has 0 aromatic heterocycles. The van der Waals surface area contributed by atoms with Crippen LogP contribution in [0.5, 0.6) is 0 Å². The molecule has 0 radical (unpaired) electrons. The topological polar surface area (TPSA) is 6.48 Å². The van der Waals surface area contributed by atoms with Gasteiger partial charge in [-0.05, 0) is 70.0 Å². The van der Waals surface area contributed by atoms with Crippen LogP contribution in [0.4, 0.5) is 5.69 Å². The van der Waals surface area contributed by atoms with Gasteiger partial charge >= 0.3 is 0 Å². The Morgan fingerprint density at radius 3 is 2.12 bits per heavy atom. The van der Waals surface area contributed by atoms with Gasteiger partial charge in [0.2, 0.25) is 0 Å². The van der Waals surface area contributed by atoms with Crippen LogP contribution in [0, 0.1) is 18.8 Å². The van der Waals surface area contributed by atoms with Crippen molar-refractivity contribution in [1.82, 2.24) is 4.90 Å². The normalized spacial score (nSPS) is 32.6. The van der Waals surface area contributed by atoms with Crippen molar-refractivity contribution in [3.8, 4) is 0 Å². The van der Waals surface area contributed by atoms with Gasteiger partial charge in [0.1, 0.15) is 0 Å². The van der Waals surface area contributed by atoms with Crippen LogP contribution in [-0.2, 0) is 0 Å². The standard InChI is InChI=1S/C23H36N2/c1-17-11-7-10-16-21(17)25-18(2)22(19-12-5-4-6-13-19)24(3)23(25)20-14-8-9-15-20/h7,10-11,16,18-20,22-23H,4-6,8-9,12-15H2,1-3H3/t18-,22?,23?/m0/s1. The highest BCUT2D eigenvalue weighted by molar-refractivity contribution is 5.56. The van der Waals surface area contributed by atoms with E-state index in [1.54, 1.807) is 0 Å². The van der Waals surface area contributed by atoms with Crippen LogP contribution < -0.4 is 4.90 Å². The quantitative estimate of drug-likeness (QED) is 0.706. The number of hydrogen-bond acceptors (Lipinski definition) is 2. The van der Waals surface area contributed by atoms with Gasteiger partial charge in [0, 0.05) is 17.8 Å². The summed E-state index contributed by atoms with van der Waals surface area (Å²) in [6.07, 6.45) is 13.5. The molecular formula is C23H36N2. The van der Waals surface area contributed by atoms with Gasteiger partial charge in [0.15, 0.2) is 0 Å². The maximum absolute atomic E-state index is 2.82. The first-order valence-electron chi connectivity index (χ1n) is 10.7. The Balaban J connectivity index is 1.69. The zero-order valence-corrected chi connectivity index (χ0v) is 16.5. The second kappa shape index (κ2) is 7.31. The third-order valence-electron chi connectivity index (χ3n) is 7.45. The first-order chi connectivity index (χ1) is 12.2. The molecule has 0 spiro atoms. The van der Waals surface area contributed by atoms with Gasteiger partial charge in [-0.2, -0.15) is 0 Å². The molecule has 1 saturated heterocycles. The van der Waals surface area contributed by atoms with Crippen molar-refractivity contribution in [2.24, 2.45) is 11.8 Å². The fraction of sp³-hybridized carbons (Fsp3) is 0.739. The molecule has 1 aromatic carbocycles. The number of benzene rings is 1. The summed E-state index contributed by atoms with van der Waals surface area (Å²) in [6.45, 7) is 4.80. The molecule has 2 heteroatoms. The predicted molar refractivity (Wildman–Crippen MR) is 107 cm³/mol. The molecule has 25 heavy (non-hydrogen) atoms. The summed E-state index contributed by atoms with van der Waals surface area (Å²) in [5, 5.41) is 0. The van der Waals surface area contributed by atoms with Crippen LogP contribution in [0.2, 0.25) is 0 Å². The Kier molecular flexibility index (Phi) is 5.08. The fourth-order valence-electron chi connectivity index (χ4n) is 6.35.